The van der Waals surface area contributed by atoms with Gasteiger partial charge < -0.3 is 20.3 Å². The zero-order valence-electron chi connectivity index (χ0n) is 18.3. The van der Waals surface area contributed by atoms with Crippen molar-refractivity contribution in [3.05, 3.63) is 12.2 Å². The number of carbonyl (C=O) groups is 3. The van der Waals surface area contributed by atoms with E-state index >= 15 is 0 Å². The largest absolute Gasteiger partial charge is 0.444 e. The number of unbranched alkanes of at least 4 members (excludes halogenated alkanes) is 2. The maximum Gasteiger partial charge on any atom is 0.408 e. The van der Waals surface area contributed by atoms with Gasteiger partial charge in [-0.15, -0.1) is 9.24 Å². The van der Waals surface area contributed by atoms with E-state index in [-0.39, 0.29) is 24.3 Å². The van der Waals surface area contributed by atoms with Crippen LogP contribution in [0, 0.1) is 5.92 Å². The van der Waals surface area contributed by atoms with Gasteiger partial charge in [-0.05, 0) is 65.0 Å². The van der Waals surface area contributed by atoms with Gasteiger partial charge in [-0.1, -0.05) is 19.1 Å². The topological polar surface area (TPSA) is 87.7 Å². The predicted octanol–water partition coefficient (Wildman–Crippen LogP) is 2.86. The summed E-state index contributed by atoms with van der Waals surface area (Å²) in [5.41, 5.74) is -0.622. The number of allylic oxidation sites excluding steroid dienone is 1. The van der Waals surface area contributed by atoms with Crippen LogP contribution in [-0.4, -0.2) is 60.2 Å². The fourth-order valence-corrected chi connectivity index (χ4v) is 3.37. The Balaban J connectivity index is 2.41. The Bertz CT molecular complexity index is 575. The number of rotatable bonds is 10. The van der Waals surface area contributed by atoms with Crippen LogP contribution in [0.15, 0.2) is 12.2 Å². The highest BCUT2D eigenvalue weighted by Gasteiger charge is 2.34. The van der Waals surface area contributed by atoms with E-state index in [1.54, 1.807) is 25.7 Å². The zero-order chi connectivity index (χ0) is 21.9. The lowest BCUT2D eigenvalue weighted by atomic mass is 10.1. The average Bonchev–Trinajstić information content (AvgIpc) is 3.12. The number of nitrogens with zero attached hydrogens (tertiary/aromatic N) is 1. The molecular formula is C21H38N3O4P. The summed E-state index contributed by atoms with van der Waals surface area (Å²) in [5, 5.41) is 5.43. The van der Waals surface area contributed by atoms with Crippen molar-refractivity contribution in [2.45, 2.75) is 71.4 Å². The van der Waals surface area contributed by atoms with Gasteiger partial charge in [0, 0.05) is 13.1 Å². The van der Waals surface area contributed by atoms with Crippen molar-refractivity contribution in [2.24, 2.45) is 5.92 Å². The Labute approximate surface area is 177 Å². The van der Waals surface area contributed by atoms with Crippen LogP contribution in [0.1, 0.15) is 59.8 Å². The van der Waals surface area contributed by atoms with Gasteiger partial charge in [0.15, 0.2) is 0 Å². The molecule has 0 aliphatic carbocycles. The molecule has 1 saturated heterocycles. The highest BCUT2D eigenvalue weighted by atomic mass is 31.0. The van der Waals surface area contributed by atoms with Crippen LogP contribution >= 0.6 is 9.24 Å². The standard InChI is InChI=1S/C21H38N3O4P/c1-16(10-7-5-6-8-13-29)14-22-19(26)17-11-9-12-24(17)18(25)15-23-20(27)28-21(2,3)4/h7,10,16-17H,5-6,8-9,11-15,29H2,1-4H3,(H,22,26)(H,23,27)/b10-7-/t16-,17+/m1/s1. The molecule has 0 aromatic heterocycles. The van der Waals surface area contributed by atoms with E-state index < -0.39 is 17.7 Å². The van der Waals surface area contributed by atoms with E-state index in [1.165, 1.54) is 12.8 Å². The second-order valence-corrected chi connectivity index (χ2v) is 9.11. The van der Waals surface area contributed by atoms with Crippen molar-refractivity contribution in [2.75, 3.05) is 25.8 Å². The molecule has 1 fully saturated rings. The lowest BCUT2D eigenvalue weighted by molar-refractivity contribution is -0.137. The first-order chi connectivity index (χ1) is 13.6. The van der Waals surface area contributed by atoms with Crippen molar-refractivity contribution in [3.63, 3.8) is 0 Å². The molecule has 3 amide bonds. The summed E-state index contributed by atoms with van der Waals surface area (Å²) in [6.07, 6.45) is 9.65. The number of nitrogens with one attached hydrogen (secondary N) is 2. The molecular weight excluding hydrogens is 389 g/mol. The third-order valence-electron chi connectivity index (χ3n) is 4.55. The second-order valence-electron chi connectivity index (χ2n) is 8.54. The smallest absolute Gasteiger partial charge is 0.408 e. The van der Waals surface area contributed by atoms with Crippen LogP contribution in [0.4, 0.5) is 4.79 Å². The fourth-order valence-electron chi connectivity index (χ4n) is 3.08. The van der Waals surface area contributed by atoms with Crippen LogP contribution in [0.5, 0.6) is 0 Å². The number of likely N-dealkylation sites (tertiary alicyclic amines) is 1. The molecule has 0 radical (unpaired) electrons. The Morgan fingerprint density at radius 1 is 1.24 bits per heavy atom. The zero-order valence-corrected chi connectivity index (χ0v) is 19.5. The van der Waals surface area contributed by atoms with E-state index in [4.69, 9.17) is 4.74 Å². The summed E-state index contributed by atoms with van der Waals surface area (Å²) >= 11 is 0. The van der Waals surface area contributed by atoms with Gasteiger partial charge in [0.05, 0.1) is 0 Å². The Hall–Kier alpha value is -1.62. The summed E-state index contributed by atoms with van der Waals surface area (Å²) in [5.74, 6) is -0.152. The van der Waals surface area contributed by atoms with Gasteiger partial charge in [0.2, 0.25) is 11.8 Å². The summed E-state index contributed by atoms with van der Waals surface area (Å²) < 4.78 is 5.14. The first kappa shape index (κ1) is 25.4. The van der Waals surface area contributed by atoms with Gasteiger partial charge in [0.25, 0.3) is 0 Å². The van der Waals surface area contributed by atoms with Crippen molar-refractivity contribution in [3.8, 4) is 0 Å². The third-order valence-corrected chi connectivity index (χ3v) is 4.95. The molecule has 0 bridgehead atoms. The predicted molar refractivity (Wildman–Crippen MR) is 119 cm³/mol. The molecule has 29 heavy (non-hydrogen) atoms. The Kier molecular flexibility index (Phi) is 11.3. The van der Waals surface area contributed by atoms with Gasteiger partial charge in [-0.3, -0.25) is 9.59 Å². The molecule has 1 aliphatic rings. The number of alkyl carbamates (subject to hydrolysis) is 1. The van der Waals surface area contributed by atoms with E-state index in [2.05, 4.69) is 38.9 Å². The molecule has 0 spiro atoms. The van der Waals surface area contributed by atoms with E-state index in [0.717, 1.165) is 19.0 Å². The summed E-state index contributed by atoms with van der Waals surface area (Å²) in [6, 6.07) is -0.471. The van der Waals surface area contributed by atoms with Gasteiger partial charge in [-0.25, -0.2) is 4.79 Å². The molecule has 1 heterocycles. The molecule has 3 atom stereocenters. The number of amides is 3. The lowest BCUT2D eigenvalue weighted by Gasteiger charge is -2.25. The summed E-state index contributed by atoms with van der Waals surface area (Å²) in [4.78, 5) is 38.3. The fraction of sp³-hybridized carbons (Fsp3) is 0.762. The molecule has 7 nitrogen and oxygen atoms in total. The highest BCUT2D eigenvalue weighted by Crippen LogP contribution is 2.17. The minimum absolute atomic E-state index is 0.128. The summed E-state index contributed by atoms with van der Waals surface area (Å²) in [7, 11) is 2.74. The van der Waals surface area contributed by atoms with E-state index in [0.29, 0.717) is 19.5 Å². The summed E-state index contributed by atoms with van der Waals surface area (Å²) in [6.45, 7) is 8.25. The molecule has 166 valence electrons. The Morgan fingerprint density at radius 2 is 1.97 bits per heavy atom. The monoisotopic (exact) mass is 427 g/mol. The van der Waals surface area contributed by atoms with Gasteiger partial charge in [0.1, 0.15) is 18.2 Å². The Morgan fingerprint density at radius 3 is 2.62 bits per heavy atom. The van der Waals surface area contributed by atoms with E-state index in [1.807, 2.05) is 0 Å². The van der Waals surface area contributed by atoms with Crippen LogP contribution in [0.3, 0.4) is 0 Å². The van der Waals surface area contributed by atoms with Gasteiger partial charge >= 0.3 is 6.09 Å². The molecule has 0 aromatic carbocycles. The van der Waals surface area contributed by atoms with Crippen LogP contribution in [0.25, 0.3) is 0 Å². The number of hydrogen-bond acceptors (Lipinski definition) is 4. The molecule has 0 aromatic rings. The van der Waals surface area contributed by atoms with Gasteiger partial charge in [-0.2, -0.15) is 0 Å². The quantitative estimate of drug-likeness (QED) is 0.319. The normalized spacial score (nSPS) is 18.0. The molecule has 8 heteroatoms. The SMILES string of the molecule is C[C@H](/C=C\CCCCP)CNC(=O)[C@@H]1CCCN1C(=O)CNC(=O)OC(C)(C)C. The third kappa shape index (κ3) is 10.6. The molecule has 1 rings (SSSR count). The second kappa shape index (κ2) is 12.8. The van der Waals surface area contributed by atoms with Crippen LogP contribution in [-0.2, 0) is 14.3 Å². The molecule has 2 N–H and O–H groups in total. The molecule has 1 aliphatic heterocycles. The maximum absolute atomic E-state index is 12.6. The highest BCUT2D eigenvalue weighted by molar-refractivity contribution is 7.16. The van der Waals surface area contributed by atoms with Crippen molar-refractivity contribution in [1.82, 2.24) is 15.5 Å². The van der Waals surface area contributed by atoms with E-state index in [9.17, 15) is 14.4 Å². The first-order valence-electron chi connectivity index (χ1n) is 10.5. The number of hydrogen-bond donors (Lipinski definition) is 2. The average molecular weight is 428 g/mol. The van der Waals surface area contributed by atoms with Crippen molar-refractivity contribution >= 4 is 27.1 Å². The van der Waals surface area contributed by atoms with Crippen molar-refractivity contribution in [1.29, 1.82) is 0 Å². The maximum atomic E-state index is 12.6. The van der Waals surface area contributed by atoms with Crippen molar-refractivity contribution < 1.29 is 19.1 Å². The van der Waals surface area contributed by atoms with Crippen LogP contribution < -0.4 is 10.6 Å². The number of carbonyl (C=O) groups excluding carboxylic acids is 3. The molecule has 0 saturated carbocycles. The minimum Gasteiger partial charge on any atom is -0.444 e. The minimum atomic E-state index is -0.635. The lowest BCUT2D eigenvalue weighted by Crippen LogP contribution is -2.49. The first-order valence-corrected chi connectivity index (χ1v) is 11.4. The van der Waals surface area contributed by atoms with Crippen LogP contribution in [0.2, 0.25) is 0 Å². The molecule has 1 unspecified atom stereocenters. The number of ether oxygens (including phenoxy) is 1.